The number of aromatic nitrogens is 1. The molecule has 39 heavy (non-hydrogen) atoms. The molecule has 1 saturated heterocycles. The highest BCUT2D eigenvalue weighted by molar-refractivity contribution is 7.90. The van der Waals surface area contributed by atoms with Crippen LogP contribution in [0.2, 0.25) is 0 Å². The fourth-order valence-corrected chi connectivity index (χ4v) is 4.77. The van der Waals surface area contributed by atoms with Crippen molar-refractivity contribution < 1.29 is 40.4 Å². The lowest BCUT2D eigenvalue weighted by molar-refractivity contribution is -0.274. The van der Waals surface area contributed by atoms with Crippen molar-refractivity contribution in [3.05, 3.63) is 48.2 Å². The highest BCUT2D eigenvalue weighted by Crippen LogP contribution is 2.33. The molecule has 13 heteroatoms. The molecule has 1 unspecified atom stereocenters. The highest BCUT2D eigenvalue weighted by Gasteiger charge is 2.33. The number of halogens is 6. The van der Waals surface area contributed by atoms with E-state index >= 15 is 0 Å². The topological polar surface area (TPSA) is 70.5 Å². The third-order valence-corrected chi connectivity index (χ3v) is 6.88. The van der Waals surface area contributed by atoms with E-state index in [1.54, 1.807) is 24.3 Å². The average Bonchev–Trinajstić information content (AvgIpc) is 3.19. The lowest BCUT2D eigenvalue weighted by Crippen LogP contribution is -2.27. The summed E-state index contributed by atoms with van der Waals surface area (Å²) in [7, 11) is 0. The van der Waals surface area contributed by atoms with Crippen LogP contribution in [0.4, 0.5) is 37.7 Å². The van der Waals surface area contributed by atoms with Gasteiger partial charge in [0.25, 0.3) is 0 Å². The first-order valence-electron chi connectivity index (χ1n) is 11.9. The molecule has 0 amide bonds. The molecule has 2 aromatic carbocycles. The maximum absolute atomic E-state index is 13.4. The molecule has 2 heterocycles. The van der Waals surface area contributed by atoms with Crippen molar-refractivity contribution in [2.24, 2.45) is 0 Å². The van der Waals surface area contributed by atoms with E-state index in [0.717, 1.165) is 23.5 Å². The van der Waals surface area contributed by atoms with E-state index in [4.69, 9.17) is 4.74 Å². The van der Waals surface area contributed by atoms with Gasteiger partial charge in [0.2, 0.25) is 0 Å². The van der Waals surface area contributed by atoms with Gasteiger partial charge in [-0.05, 0) is 60.3 Å². The lowest BCUT2D eigenvalue weighted by atomic mass is 10.1. The quantitative estimate of drug-likeness (QED) is 0.210. The van der Waals surface area contributed by atoms with E-state index in [0.29, 0.717) is 29.8 Å². The van der Waals surface area contributed by atoms with Gasteiger partial charge >= 0.3 is 12.5 Å². The molecule has 1 aromatic heterocycles. The Morgan fingerprint density at radius 3 is 2.49 bits per heavy atom. The predicted molar refractivity (Wildman–Crippen MR) is 136 cm³/mol. The Labute approximate surface area is 223 Å². The first-order valence-corrected chi connectivity index (χ1v) is 13.4. The van der Waals surface area contributed by atoms with Crippen LogP contribution in [0.1, 0.15) is 18.5 Å². The van der Waals surface area contributed by atoms with Crippen LogP contribution < -0.4 is 15.4 Å². The molecule has 6 nitrogen and oxygen atoms in total. The van der Waals surface area contributed by atoms with Crippen molar-refractivity contribution in [1.82, 2.24) is 4.57 Å². The molecular formula is C26H25F6N3O3S. The summed E-state index contributed by atoms with van der Waals surface area (Å²) in [6, 6.07) is 10.4. The second-order valence-corrected chi connectivity index (χ2v) is 10.2. The minimum absolute atomic E-state index is 0.0605. The zero-order valence-corrected chi connectivity index (χ0v) is 21.5. The number of fused-ring (bicyclic) bond motifs is 1. The zero-order chi connectivity index (χ0) is 28.2. The Bertz CT molecular complexity index is 1360. The molecule has 0 bridgehead atoms. The van der Waals surface area contributed by atoms with Crippen molar-refractivity contribution in [1.29, 1.82) is 0 Å². The predicted octanol–water partition coefficient (Wildman–Crippen LogP) is 5.89. The third kappa shape index (κ3) is 7.90. The van der Waals surface area contributed by atoms with Gasteiger partial charge in [-0.25, -0.2) is 0 Å². The summed E-state index contributed by atoms with van der Waals surface area (Å²) in [4.78, 5) is 0.132. The van der Waals surface area contributed by atoms with E-state index in [-0.39, 0.29) is 28.9 Å². The molecule has 1 atom stereocenters. The van der Waals surface area contributed by atoms with Crippen molar-refractivity contribution in [3.63, 3.8) is 0 Å². The van der Waals surface area contributed by atoms with Gasteiger partial charge in [-0.3, -0.25) is 0 Å². The van der Waals surface area contributed by atoms with Crippen LogP contribution in [0, 0.1) is 11.8 Å². The molecule has 0 spiro atoms. The summed E-state index contributed by atoms with van der Waals surface area (Å²) in [5, 5.41) is 6.65. The van der Waals surface area contributed by atoms with Crippen molar-refractivity contribution >= 4 is 33.5 Å². The van der Waals surface area contributed by atoms with E-state index in [9.17, 15) is 30.9 Å². The number of benzene rings is 2. The molecule has 1 aliphatic rings. The molecule has 210 valence electrons. The van der Waals surface area contributed by atoms with Gasteiger partial charge in [-0.2, -0.15) is 13.2 Å². The molecule has 0 aliphatic carbocycles. The second-order valence-electron chi connectivity index (χ2n) is 8.82. The van der Waals surface area contributed by atoms with Gasteiger partial charge in [-0.15, -0.1) is 13.2 Å². The van der Waals surface area contributed by atoms with Crippen LogP contribution in [-0.4, -0.2) is 53.7 Å². The normalized spacial score (nSPS) is 15.5. The first kappa shape index (κ1) is 28.8. The Kier molecular flexibility index (Phi) is 8.78. The average molecular weight is 574 g/mol. The number of hydrogen-bond donors (Lipinski definition) is 2. The minimum atomic E-state index is -4.98. The summed E-state index contributed by atoms with van der Waals surface area (Å²) >= 11 is -1.54. The largest absolute Gasteiger partial charge is 0.612 e. The van der Waals surface area contributed by atoms with Gasteiger partial charge in [0.1, 0.15) is 12.8 Å². The molecule has 3 aromatic rings. The minimum Gasteiger partial charge on any atom is -0.612 e. The Balaban J connectivity index is 1.60. The molecule has 0 radical (unpaired) electrons. The summed E-state index contributed by atoms with van der Waals surface area (Å²) in [6.07, 6.45) is -6.63. The second kappa shape index (κ2) is 11.9. The number of hydrogen-bond acceptors (Lipinski definition) is 5. The van der Waals surface area contributed by atoms with Crippen molar-refractivity contribution in [3.8, 4) is 17.6 Å². The molecule has 2 N–H and O–H groups in total. The number of alkyl halides is 6. The standard InChI is InChI=1S/C26H25F6N3O3S/c1-39(36)19-7-8-22(24(15-19)38-26(30,31)32)33-11-3-4-18-14-20-21(34-17-9-12-37-13-10-17)5-2-6-23(20)35(18)16-25(27,28)29/h2,5-8,14-15,17,33-34H,9-13,16H2,1H3. The zero-order valence-electron chi connectivity index (χ0n) is 20.7. The summed E-state index contributed by atoms with van der Waals surface area (Å²) in [5.74, 6) is 4.81. The molecule has 4 rings (SSSR count). The summed E-state index contributed by atoms with van der Waals surface area (Å²) in [5.41, 5.74) is 1.08. The Morgan fingerprint density at radius 1 is 1.08 bits per heavy atom. The number of nitrogens with one attached hydrogen (secondary N) is 2. The van der Waals surface area contributed by atoms with Gasteiger partial charge < -0.3 is 29.2 Å². The lowest BCUT2D eigenvalue weighted by Gasteiger charge is -2.24. The highest BCUT2D eigenvalue weighted by atomic mass is 32.2. The summed E-state index contributed by atoms with van der Waals surface area (Å²) in [6.45, 7) is -0.250. The van der Waals surface area contributed by atoms with E-state index in [2.05, 4.69) is 27.2 Å². The van der Waals surface area contributed by atoms with Crippen LogP contribution in [0.5, 0.6) is 5.75 Å². The maximum atomic E-state index is 13.4. The Hall–Kier alpha value is -3.21. The SMILES string of the molecule is C[S+]([O-])c1ccc(NCC#Cc2cc3c(NC4CCOCC4)cccc3n2CC(F)(F)F)c(OC(F)(F)F)c1. The fourth-order valence-electron chi connectivity index (χ4n) is 4.24. The maximum Gasteiger partial charge on any atom is 0.573 e. The van der Waals surface area contributed by atoms with Gasteiger partial charge in [0, 0.05) is 36.4 Å². The number of ether oxygens (including phenoxy) is 2. The monoisotopic (exact) mass is 573 g/mol. The van der Waals surface area contributed by atoms with E-state index < -0.39 is 36.0 Å². The number of rotatable bonds is 7. The van der Waals surface area contributed by atoms with E-state index in [1.165, 1.54) is 18.4 Å². The smallest absolute Gasteiger partial charge is 0.573 e. The van der Waals surface area contributed by atoms with Crippen molar-refractivity contribution in [2.45, 2.75) is 42.9 Å². The molecule has 1 fully saturated rings. The van der Waals surface area contributed by atoms with Gasteiger partial charge in [-0.1, -0.05) is 12.0 Å². The van der Waals surface area contributed by atoms with Crippen LogP contribution >= 0.6 is 0 Å². The van der Waals surface area contributed by atoms with E-state index in [1.807, 2.05) is 0 Å². The van der Waals surface area contributed by atoms with Crippen molar-refractivity contribution in [2.75, 3.05) is 36.6 Å². The number of anilines is 2. The van der Waals surface area contributed by atoms with Crippen LogP contribution in [0.25, 0.3) is 10.9 Å². The third-order valence-electron chi connectivity index (χ3n) is 5.96. The summed E-state index contributed by atoms with van der Waals surface area (Å²) < 4.78 is 101. The first-order chi connectivity index (χ1) is 18.4. The fraction of sp³-hybridized carbons (Fsp3) is 0.385. The van der Waals surface area contributed by atoms with Gasteiger partial charge in [0.15, 0.2) is 10.6 Å². The van der Waals surface area contributed by atoms with Crippen LogP contribution in [0.3, 0.4) is 0 Å². The van der Waals surface area contributed by atoms with Crippen LogP contribution in [0.15, 0.2) is 47.4 Å². The van der Waals surface area contributed by atoms with Gasteiger partial charge in [0.05, 0.1) is 23.4 Å². The molecule has 1 aliphatic heterocycles. The van der Waals surface area contributed by atoms with Crippen LogP contribution in [-0.2, 0) is 22.5 Å². The number of nitrogens with zero attached hydrogens (tertiary/aromatic N) is 1. The molecular weight excluding hydrogens is 548 g/mol. The Morgan fingerprint density at radius 2 is 1.82 bits per heavy atom. The molecule has 0 saturated carbocycles.